The molecular weight excluding hydrogens is 295 g/mol. The minimum atomic E-state index is -4.67. The van der Waals surface area contributed by atoms with Gasteiger partial charge < -0.3 is 4.74 Å². The van der Waals surface area contributed by atoms with Crippen LogP contribution in [0.2, 0.25) is 0 Å². The quantitative estimate of drug-likeness (QED) is 0.839. The number of sulfone groups is 1. The molecule has 108 valence electrons. The summed E-state index contributed by atoms with van der Waals surface area (Å²) >= 11 is 0. The zero-order valence-corrected chi connectivity index (χ0v) is 11.0. The van der Waals surface area contributed by atoms with Gasteiger partial charge in [-0.2, -0.15) is 18.4 Å². The van der Waals surface area contributed by atoms with Crippen molar-refractivity contribution in [3.63, 3.8) is 0 Å². The summed E-state index contributed by atoms with van der Waals surface area (Å²) in [6.45, 7) is 0. The summed E-state index contributed by atoms with van der Waals surface area (Å²) in [5.41, 5.74) is -1.20. The summed E-state index contributed by atoms with van der Waals surface area (Å²) in [4.78, 5) is 0. The van der Waals surface area contributed by atoms with E-state index in [-0.39, 0.29) is 23.5 Å². The molecular formula is C12H10F3NO3S. The molecule has 0 amide bonds. The molecule has 1 aliphatic heterocycles. The lowest BCUT2D eigenvalue weighted by atomic mass is 10.1. The van der Waals surface area contributed by atoms with Gasteiger partial charge in [0.05, 0.1) is 28.7 Å². The molecule has 0 saturated carbocycles. The fourth-order valence-electron chi connectivity index (χ4n) is 1.96. The van der Waals surface area contributed by atoms with Gasteiger partial charge in [0, 0.05) is 0 Å². The first-order valence-electron chi connectivity index (χ1n) is 5.70. The summed E-state index contributed by atoms with van der Waals surface area (Å²) < 4.78 is 66.3. The van der Waals surface area contributed by atoms with Gasteiger partial charge in [-0.3, -0.25) is 0 Å². The number of halogens is 3. The summed E-state index contributed by atoms with van der Waals surface area (Å²) in [6, 6.07) is 4.57. The van der Waals surface area contributed by atoms with Gasteiger partial charge in [-0.15, -0.1) is 0 Å². The van der Waals surface area contributed by atoms with Crippen LogP contribution in [0.15, 0.2) is 18.2 Å². The molecule has 8 heteroatoms. The van der Waals surface area contributed by atoms with Crippen molar-refractivity contribution in [1.82, 2.24) is 0 Å². The van der Waals surface area contributed by atoms with E-state index in [1.54, 1.807) is 6.07 Å². The molecule has 4 nitrogen and oxygen atoms in total. The molecule has 20 heavy (non-hydrogen) atoms. The van der Waals surface area contributed by atoms with E-state index in [0.29, 0.717) is 6.07 Å². The van der Waals surface area contributed by atoms with Crippen LogP contribution < -0.4 is 4.74 Å². The Morgan fingerprint density at radius 3 is 2.55 bits per heavy atom. The smallest absolute Gasteiger partial charge is 0.420 e. The first kappa shape index (κ1) is 14.7. The van der Waals surface area contributed by atoms with Crippen LogP contribution in [-0.4, -0.2) is 26.0 Å². The number of hydrogen-bond acceptors (Lipinski definition) is 4. The maximum atomic E-state index is 12.9. The van der Waals surface area contributed by atoms with Gasteiger partial charge >= 0.3 is 6.18 Å². The van der Waals surface area contributed by atoms with Gasteiger partial charge in [-0.1, -0.05) is 0 Å². The molecule has 1 aromatic carbocycles. The predicted octanol–water partition coefficient (Wildman–Crippen LogP) is 2.14. The molecule has 0 aromatic heterocycles. The normalized spacial score (nSPS) is 21.4. The van der Waals surface area contributed by atoms with Gasteiger partial charge in [0.25, 0.3) is 0 Å². The molecule has 2 rings (SSSR count). The van der Waals surface area contributed by atoms with Crippen LogP contribution in [0.1, 0.15) is 17.5 Å². The Kier molecular flexibility index (Phi) is 3.65. The largest absolute Gasteiger partial charge is 0.489 e. The van der Waals surface area contributed by atoms with E-state index in [0.717, 1.165) is 6.07 Å². The van der Waals surface area contributed by atoms with E-state index < -0.39 is 33.4 Å². The lowest BCUT2D eigenvalue weighted by Crippen LogP contribution is -2.20. The second kappa shape index (κ2) is 4.98. The Morgan fingerprint density at radius 2 is 2.05 bits per heavy atom. The Balaban J connectivity index is 2.31. The molecule has 0 spiro atoms. The average molecular weight is 305 g/mol. The second-order valence-corrected chi connectivity index (χ2v) is 6.69. The first-order valence-corrected chi connectivity index (χ1v) is 7.52. The average Bonchev–Trinajstić information content (AvgIpc) is 2.68. The predicted molar refractivity (Wildman–Crippen MR) is 63.8 cm³/mol. The summed E-state index contributed by atoms with van der Waals surface area (Å²) in [5, 5.41) is 8.63. The zero-order chi connectivity index (χ0) is 15.0. The Bertz CT molecular complexity index is 662. The number of hydrogen-bond donors (Lipinski definition) is 0. The minimum Gasteiger partial charge on any atom is -0.489 e. The van der Waals surface area contributed by atoms with Crippen LogP contribution in [0.5, 0.6) is 5.75 Å². The number of ether oxygens (including phenoxy) is 1. The third-order valence-electron chi connectivity index (χ3n) is 2.90. The third-order valence-corrected chi connectivity index (χ3v) is 4.64. The van der Waals surface area contributed by atoms with E-state index in [9.17, 15) is 21.6 Å². The maximum absolute atomic E-state index is 12.9. The van der Waals surface area contributed by atoms with Crippen molar-refractivity contribution in [3.05, 3.63) is 29.3 Å². The van der Waals surface area contributed by atoms with Crippen molar-refractivity contribution in [2.24, 2.45) is 0 Å². The van der Waals surface area contributed by atoms with Crippen molar-refractivity contribution in [2.75, 3.05) is 11.5 Å². The molecule has 1 aromatic rings. The zero-order valence-electron chi connectivity index (χ0n) is 10.1. The van der Waals surface area contributed by atoms with Crippen LogP contribution in [0.25, 0.3) is 0 Å². The molecule has 0 aliphatic carbocycles. The van der Waals surface area contributed by atoms with Crippen molar-refractivity contribution >= 4 is 9.84 Å². The summed E-state index contributed by atoms with van der Waals surface area (Å²) in [5.74, 6) is -0.821. The molecule has 1 heterocycles. The molecule has 0 N–H and O–H groups in total. The SMILES string of the molecule is N#Cc1ccc(OC2CCS(=O)(=O)C2)c(C(F)(F)F)c1. The Labute approximate surface area is 113 Å². The standard InChI is InChI=1S/C12H10F3NO3S/c13-12(14,15)10-5-8(6-16)1-2-11(10)19-9-3-4-20(17,18)7-9/h1-2,5,9H,3-4,7H2. The molecule has 1 saturated heterocycles. The van der Waals surface area contributed by atoms with Gasteiger partial charge in [0.15, 0.2) is 9.84 Å². The lowest BCUT2D eigenvalue weighted by Gasteiger charge is -2.17. The summed E-state index contributed by atoms with van der Waals surface area (Å²) in [6.07, 6.45) is -5.28. The first-order chi connectivity index (χ1) is 9.21. The Hall–Kier alpha value is -1.75. The maximum Gasteiger partial charge on any atom is 0.420 e. The van der Waals surface area contributed by atoms with Gasteiger partial charge in [-0.25, -0.2) is 8.42 Å². The fraction of sp³-hybridized carbons (Fsp3) is 0.417. The third kappa shape index (κ3) is 3.22. The monoisotopic (exact) mass is 305 g/mol. The highest BCUT2D eigenvalue weighted by molar-refractivity contribution is 7.91. The number of alkyl halides is 3. The van der Waals surface area contributed by atoms with Crippen LogP contribution in [0.4, 0.5) is 13.2 Å². The van der Waals surface area contributed by atoms with E-state index in [2.05, 4.69) is 0 Å². The number of nitriles is 1. The van der Waals surface area contributed by atoms with Crippen LogP contribution >= 0.6 is 0 Å². The van der Waals surface area contributed by atoms with Gasteiger partial charge in [0.1, 0.15) is 11.9 Å². The van der Waals surface area contributed by atoms with E-state index in [4.69, 9.17) is 10.00 Å². The highest BCUT2D eigenvalue weighted by Gasteiger charge is 2.37. The molecule has 0 bridgehead atoms. The van der Waals surface area contributed by atoms with Crippen LogP contribution in [0.3, 0.4) is 0 Å². The van der Waals surface area contributed by atoms with E-state index >= 15 is 0 Å². The molecule has 0 radical (unpaired) electrons. The number of nitrogens with zero attached hydrogens (tertiary/aromatic N) is 1. The molecule has 1 unspecified atom stereocenters. The lowest BCUT2D eigenvalue weighted by molar-refractivity contribution is -0.139. The fourth-order valence-corrected chi connectivity index (χ4v) is 3.55. The summed E-state index contributed by atoms with van der Waals surface area (Å²) in [7, 11) is -3.24. The van der Waals surface area contributed by atoms with Crippen molar-refractivity contribution in [1.29, 1.82) is 5.26 Å². The van der Waals surface area contributed by atoms with E-state index in [1.165, 1.54) is 6.07 Å². The van der Waals surface area contributed by atoms with Gasteiger partial charge in [-0.05, 0) is 24.6 Å². The highest BCUT2D eigenvalue weighted by Crippen LogP contribution is 2.37. The van der Waals surface area contributed by atoms with E-state index in [1.807, 2.05) is 0 Å². The number of benzene rings is 1. The Morgan fingerprint density at radius 1 is 1.35 bits per heavy atom. The van der Waals surface area contributed by atoms with Gasteiger partial charge in [0.2, 0.25) is 0 Å². The van der Waals surface area contributed by atoms with Crippen molar-refractivity contribution in [2.45, 2.75) is 18.7 Å². The van der Waals surface area contributed by atoms with Crippen LogP contribution in [-0.2, 0) is 16.0 Å². The topological polar surface area (TPSA) is 67.2 Å². The molecule has 1 atom stereocenters. The van der Waals surface area contributed by atoms with Crippen LogP contribution in [0, 0.1) is 11.3 Å². The minimum absolute atomic E-state index is 0.0880. The second-order valence-electron chi connectivity index (χ2n) is 4.46. The number of rotatable bonds is 2. The molecule has 1 aliphatic rings. The highest BCUT2D eigenvalue weighted by atomic mass is 32.2. The van der Waals surface area contributed by atoms with Crippen molar-refractivity contribution in [3.8, 4) is 11.8 Å². The molecule has 1 fully saturated rings. The van der Waals surface area contributed by atoms with Crippen molar-refractivity contribution < 1.29 is 26.3 Å².